The summed E-state index contributed by atoms with van der Waals surface area (Å²) in [6.07, 6.45) is 1.71. The lowest BCUT2D eigenvalue weighted by molar-refractivity contribution is 0.314. The first-order valence-electron chi connectivity index (χ1n) is 8.08. The van der Waals surface area contributed by atoms with Gasteiger partial charge in [0, 0.05) is 18.7 Å². The molecule has 3 rings (SSSR count). The molecular formula is C20H22N2O3. The van der Waals surface area contributed by atoms with E-state index in [1.165, 1.54) is 5.56 Å². The first kappa shape index (κ1) is 17.0. The number of hydrogen-bond acceptors (Lipinski definition) is 5. The number of hydrogen-bond donors (Lipinski definition) is 0. The van der Waals surface area contributed by atoms with Gasteiger partial charge in [-0.3, -0.25) is 4.90 Å². The van der Waals surface area contributed by atoms with E-state index >= 15 is 0 Å². The lowest BCUT2D eigenvalue weighted by Crippen LogP contribution is -2.17. The van der Waals surface area contributed by atoms with Gasteiger partial charge < -0.3 is 13.9 Å². The molecule has 0 spiro atoms. The number of oxazole rings is 1. The number of rotatable bonds is 7. The second-order valence-corrected chi connectivity index (χ2v) is 5.89. The van der Waals surface area contributed by atoms with E-state index in [4.69, 9.17) is 13.9 Å². The molecule has 5 nitrogen and oxygen atoms in total. The van der Waals surface area contributed by atoms with Crippen molar-refractivity contribution in [2.45, 2.75) is 13.1 Å². The van der Waals surface area contributed by atoms with Gasteiger partial charge in [-0.1, -0.05) is 12.1 Å². The normalized spacial score (nSPS) is 10.9. The third-order valence-electron chi connectivity index (χ3n) is 3.93. The van der Waals surface area contributed by atoms with Crippen LogP contribution in [0.3, 0.4) is 0 Å². The van der Waals surface area contributed by atoms with Crippen molar-refractivity contribution in [1.29, 1.82) is 0 Å². The van der Waals surface area contributed by atoms with Crippen molar-refractivity contribution < 1.29 is 13.9 Å². The number of aromatic nitrogens is 1. The van der Waals surface area contributed by atoms with Gasteiger partial charge in [0.2, 0.25) is 5.89 Å². The van der Waals surface area contributed by atoms with E-state index in [9.17, 15) is 0 Å². The van der Waals surface area contributed by atoms with E-state index in [0.29, 0.717) is 12.4 Å². The average Bonchev–Trinajstić information content (AvgIpc) is 3.10. The van der Waals surface area contributed by atoms with Crippen LogP contribution in [-0.2, 0) is 13.1 Å². The SMILES string of the molecule is COc1ccc(CN(C)Cc2coc(-c3ccc(OC)cc3)n2)cc1. The summed E-state index contributed by atoms with van der Waals surface area (Å²) >= 11 is 0. The van der Waals surface area contributed by atoms with Crippen LogP contribution in [0.2, 0.25) is 0 Å². The molecule has 2 aromatic carbocycles. The first-order chi connectivity index (χ1) is 12.2. The Morgan fingerprint density at radius 1 is 0.880 bits per heavy atom. The highest BCUT2D eigenvalue weighted by molar-refractivity contribution is 5.54. The maximum Gasteiger partial charge on any atom is 0.226 e. The maximum absolute atomic E-state index is 5.61. The van der Waals surface area contributed by atoms with Gasteiger partial charge in [-0.15, -0.1) is 0 Å². The highest BCUT2D eigenvalue weighted by atomic mass is 16.5. The Labute approximate surface area is 147 Å². The van der Waals surface area contributed by atoms with Crippen LogP contribution in [0.4, 0.5) is 0 Å². The van der Waals surface area contributed by atoms with Gasteiger partial charge in [0.15, 0.2) is 0 Å². The molecule has 0 atom stereocenters. The van der Waals surface area contributed by atoms with Crippen LogP contribution >= 0.6 is 0 Å². The standard InChI is InChI=1S/C20H22N2O3/c1-22(12-15-4-8-18(23-2)9-5-15)13-17-14-25-20(21-17)16-6-10-19(24-3)11-7-16/h4-11,14H,12-13H2,1-3H3. The molecule has 0 fully saturated rings. The van der Waals surface area contributed by atoms with Crippen LogP contribution in [0.25, 0.3) is 11.5 Å². The lowest BCUT2D eigenvalue weighted by Gasteiger charge is -2.15. The van der Waals surface area contributed by atoms with Gasteiger partial charge in [-0.2, -0.15) is 0 Å². The Kier molecular flexibility index (Phi) is 5.36. The summed E-state index contributed by atoms with van der Waals surface area (Å²) in [6.45, 7) is 1.54. The van der Waals surface area contributed by atoms with Crippen molar-refractivity contribution >= 4 is 0 Å². The van der Waals surface area contributed by atoms with E-state index in [1.807, 2.05) is 36.4 Å². The van der Waals surface area contributed by atoms with Crippen LogP contribution in [-0.4, -0.2) is 31.2 Å². The molecule has 0 bridgehead atoms. The molecule has 25 heavy (non-hydrogen) atoms. The molecular weight excluding hydrogens is 316 g/mol. The number of nitrogens with zero attached hydrogens (tertiary/aromatic N) is 2. The van der Waals surface area contributed by atoms with Gasteiger partial charge in [0.05, 0.1) is 19.9 Å². The van der Waals surface area contributed by atoms with E-state index in [0.717, 1.165) is 29.3 Å². The fourth-order valence-electron chi connectivity index (χ4n) is 2.62. The minimum atomic E-state index is 0.621. The molecule has 0 N–H and O–H groups in total. The number of benzene rings is 2. The number of methoxy groups -OCH3 is 2. The molecule has 1 aromatic heterocycles. The Bertz CT molecular complexity index is 795. The molecule has 0 aliphatic rings. The van der Waals surface area contributed by atoms with E-state index in [2.05, 4.69) is 29.1 Å². The monoisotopic (exact) mass is 338 g/mol. The van der Waals surface area contributed by atoms with Crippen LogP contribution in [0, 0.1) is 0 Å². The summed E-state index contributed by atoms with van der Waals surface area (Å²) in [7, 11) is 5.38. The Morgan fingerprint density at radius 3 is 2.08 bits per heavy atom. The molecule has 0 saturated carbocycles. The summed E-state index contributed by atoms with van der Waals surface area (Å²) < 4.78 is 16.0. The predicted octanol–water partition coefficient (Wildman–Crippen LogP) is 3.99. The van der Waals surface area contributed by atoms with Gasteiger partial charge in [0.1, 0.15) is 17.8 Å². The maximum atomic E-state index is 5.61. The summed E-state index contributed by atoms with van der Waals surface area (Å²) in [5.74, 6) is 2.30. The Morgan fingerprint density at radius 2 is 1.48 bits per heavy atom. The van der Waals surface area contributed by atoms with Gasteiger partial charge >= 0.3 is 0 Å². The molecule has 0 radical (unpaired) electrons. The van der Waals surface area contributed by atoms with Gasteiger partial charge in [0.25, 0.3) is 0 Å². The largest absolute Gasteiger partial charge is 0.497 e. The van der Waals surface area contributed by atoms with E-state index in [1.54, 1.807) is 20.5 Å². The molecule has 3 aromatic rings. The molecule has 5 heteroatoms. The fraction of sp³-hybridized carbons (Fsp3) is 0.250. The zero-order chi connectivity index (χ0) is 17.6. The smallest absolute Gasteiger partial charge is 0.226 e. The van der Waals surface area contributed by atoms with Crippen LogP contribution in [0.15, 0.2) is 59.2 Å². The molecule has 0 aliphatic carbocycles. The zero-order valence-electron chi connectivity index (χ0n) is 14.7. The van der Waals surface area contributed by atoms with Crippen LogP contribution in [0.5, 0.6) is 11.5 Å². The molecule has 0 unspecified atom stereocenters. The van der Waals surface area contributed by atoms with Crippen molar-refractivity contribution in [3.8, 4) is 23.0 Å². The van der Waals surface area contributed by atoms with Crippen molar-refractivity contribution in [2.75, 3.05) is 21.3 Å². The lowest BCUT2D eigenvalue weighted by atomic mass is 10.2. The van der Waals surface area contributed by atoms with Crippen molar-refractivity contribution in [3.63, 3.8) is 0 Å². The third-order valence-corrected chi connectivity index (χ3v) is 3.93. The molecule has 0 amide bonds. The van der Waals surface area contributed by atoms with Gasteiger partial charge in [-0.05, 0) is 49.0 Å². The summed E-state index contributed by atoms with van der Waals surface area (Å²) in [6, 6.07) is 15.8. The first-order valence-corrected chi connectivity index (χ1v) is 8.08. The molecule has 0 aliphatic heterocycles. The highest BCUT2D eigenvalue weighted by Gasteiger charge is 2.09. The topological polar surface area (TPSA) is 47.7 Å². The highest BCUT2D eigenvalue weighted by Crippen LogP contribution is 2.22. The predicted molar refractivity (Wildman–Crippen MR) is 96.7 cm³/mol. The summed E-state index contributed by atoms with van der Waals surface area (Å²) in [4.78, 5) is 6.77. The fourth-order valence-corrected chi connectivity index (χ4v) is 2.62. The number of ether oxygens (including phenoxy) is 2. The van der Waals surface area contributed by atoms with E-state index < -0.39 is 0 Å². The van der Waals surface area contributed by atoms with Gasteiger partial charge in [-0.25, -0.2) is 4.98 Å². The molecule has 1 heterocycles. The minimum Gasteiger partial charge on any atom is -0.497 e. The Balaban J connectivity index is 1.61. The summed E-state index contributed by atoms with van der Waals surface area (Å²) in [5.41, 5.74) is 3.06. The zero-order valence-corrected chi connectivity index (χ0v) is 14.7. The second-order valence-electron chi connectivity index (χ2n) is 5.89. The molecule has 130 valence electrons. The minimum absolute atomic E-state index is 0.621. The average molecular weight is 338 g/mol. The van der Waals surface area contributed by atoms with Crippen LogP contribution < -0.4 is 9.47 Å². The van der Waals surface area contributed by atoms with Crippen molar-refractivity contribution in [1.82, 2.24) is 9.88 Å². The van der Waals surface area contributed by atoms with E-state index in [-0.39, 0.29) is 0 Å². The van der Waals surface area contributed by atoms with Crippen molar-refractivity contribution in [3.05, 3.63) is 66.1 Å². The Hall–Kier alpha value is -2.79. The summed E-state index contributed by atoms with van der Waals surface area (Å²) in [5, 5.41) is 0. The third kappa shape index (κ3) is 4.39. The molecule has 0 saturated heterocycles. The second kappa shape index (κ2) is 7.85. The van der Waals surface area contributed by atoms with Crippen molar-refractivity contribution in [2.24, 2.45) is 0 Å². The quantitative estimate of drug-likeness (QED) is 0.652. The van der Waals surface area contributed by atoms with Crippen LogP contribution in [0.1, 0.15) is 11.3 Å².